The van der Waals surface area contributed by atoms with Gasteiger partial charge < -0.3 is 15.5 Å². The molecule has 7 nitrogen and oxygen atoms in total. The third kappa shape index (κ3) is 5.16. The normalized spacial score (nSPS) is 15.9. The van der Waals surface area contributed by atoms with Crippen LogP contribution in [0, 0.1) is 5.41 Å². The Balaban J connectivity index is 1.66. The van der Waals surface area contributed by atoms with Crippen LogP contribution in [0.3, 0.4) is 0 Å². The molecule has 1 saturated carbocycles. The van der Waals surface area contributed by atoms with Crippen molar-refractivity contribution in [3.63, 3.8) is 0 Å². The Kier molecular flexibility index (Phi) is 6.90. The predicted molar refractivity (Wildman–Crippen MR) is 116 cm³/mol. The van der Waals surface area contributed by atoms with Crippen molar-refractivity contribution in [3.8, 4) is 5.69 Å². The molecule has 0 atom stereocenters. The van der Waals surface area contributed by atoms with Crippen molar-refractivity contribution in [2.24, 2.45) is 10.4 Å². The fourth-order valence-electron chi connectivity index (χ4n) is 3.92. The molecule has 0 unspecified atom stereocenters. The Labute approximate surface area is 173 Å². The summed E-state index contributed by atoms with van der Waals surface area (Å²) in [7, 11) is 3.68. The molecule has 156 valence electrons. The Morgan fingerprint density at radius 3 is 2.55 bits per heavy atom. The van der Waals surface area contributed by atoms with E-state index in [9.17, 15) is 4.79 Å². The summed E-state index contributed by atoms with van der Waals surface area (Å²) in [5, 5.41) is 11.3. The number of rotatable bonds is 7. The van der Waals surface area contributed by atoms with Crippen molar-refractivity contribution in [2.75, 3.05) is 27.2 Å². The standard InChI is InChI=1S/C22H32N6O/c1-4-23-21(25-17-22(13-8-9-14-22)20(29)27(2)3)24-16-18-12-15-28(26-18)19-10-6-5-7-11-19/h5-7,10-12,15H,4,8-9,13-14,16-17H2,1-3H3,(H2,23,24,25). The summed E-state index contributed by atoms with van der Waals surface area (Å²) < 4.78 is 1.86. The quantitative estimate of drug-likeness (QED) is 0.557. The second-order valence-electron chi connectivity index (χ2n) is 7.82. The number of aromatic nitrogens is 2. The van der Waals surface area contributed by atoms with Gasteiger partial charge in [-0.1, -0.05) is 31.0 Å². The number of aliphatic imine (C=N–C) groups is 1. The molecule has 0 saturated heterocycles. The van der Waals surface area contributed by atoms with Crippen LogP contribution in [0.15, 0.2) is 47.6 Å². The molecule has 1 aliphatic carbocycles. The van der Waals surface area contributed by atoms with E-state index in [0.29, 0.717) is 13.1 Å². The molecular formula is C22H32N6O. The van der Waals surface area contributed by atoms with Gasteiger partial charge in [0.05, 0.1) is 23.3 Å². The molecule has 1 aromatic heterocycles. The number of para-hydroxylation sites is 1. The first-order valence-electron chi connectivity index (χ1n) is 10.4. The van der Waals surface area contributed by atoms with E-state index in [4.69, 9.17) is 0 Å². The first kappa shape index (κ1) is 20.9. The van der Waals surface area contributed by atoms with E-state index in [1.807, 2.05) is 68.3 Å². The average Bonchev–Trinajstić information content (AvgIpc) is 3.40. The third-order valence-electron chi connectivity index (χ3n) is 5.42. The Morgan fingerprint density at radius 2 is 1.90 bits per heavy atom. The van der Waals surface area contributed by atoms with Gasteiger partial charge in [-0.15, -0.1) is 0 Å². The highest BCUT2D eigenvalue weighted by Crippen LogP contribution is 2.38. The number of hydrogen-bond donors (Lipinski definition) is 2. The number of benzene rings is 1. The molecule has 1 amide bonds. The molecule has 0 radical (unpaired) electrons. The molecule has 0 spiro atoms. The Bertz CT molecular complexity index is 821. The lowest BCUT2D eigenvalue weighted by atomic mass is 9.84. The van der Waals surface area contributed by atoms with Gasteiger partial charge in [0, 0.05) is 33.4 Å². The second-order valence-corrected chi connectivity index (χ2v) is 7.82. The molecule has 3 rings (SSSR count). The minimum atomic E-state index is -0.325. The maximum atomic E-state index is 12.8. The fraction of sp³-hybridized carbons (Fsp3) is 0.500. The van der Waals surface area contributed by atoms with E-state index in [0.717, 1.165) is 49.6 Å². The lowest BCUT2D eigenvalue weighted by Crippen LogP contribution is -2.49. The average molecular weight is 397 g/mol. The van der Waals surface area contributed by atoms with Crippen LogP contribution in [0.4, 0.5) is 0 Å². The van der Waals surface area contributed by atoms with Crippen molar-refractivity contribution >= 4 is 11.9 Å². The molecule has 2 aromatic rings. The largest absolute Gasteiger partial charge is 0.357 e. The van der Waals surface area contributed by atoms with Crippen LogP contribution in [0.1, 0.15) is 38.3 Å². The van der Waals surface area contributed by atoms with E-state index in [-0.39, 0.29) is 11.3 Å². The smallest absolute Gasteiger partial charge is 0.230 e. The van der Waals surface area contributed by atoms with E-state index >= 15 is 0 Å². The lowest BCUT2D eigenvalue weighted by Gasteiger charge is -2.31. The highest BCUT2D eigenvalue weighted by molar-refractivity contribution is 5.85. The molecular weight excluding hydrogens is 364 g/mol. The van der Waals surface area contributed by atoms with Gasteiger partial charge in [-0.2, -0.15) is 5.10 Å². The summed E-state index contributed by atoms with van der Waals surface area (Å²) in [6.45, 7) is 3.88. The number of nitrogens with one attached hydrogen (secondary N) is 2. The maximum absolute atomic E-state index is 12.8. The zero-order valence-corrected chi connectivity index (χ0v) is 17.7. The van der Waals surface area contributed by atoms with Crippen molar-refractivity contribution < 1.29 is 4.79 Å². The summed E-state index contributed by atoms with van der Waals surface area (Å²) in [6, 6.07) is 12.0. The van der Waals surface area contributed by atoms with E-state index in [1.54, 1.807) is 4.90 Å². The molecule has 0 bridgehead atoms. The summed E-state index contributed by atoms with van der Waals surface area (Å²) in [5.41, 5.74) is 1.60. The van der Waals surface area contributed by atoms with Crippen molar-refractivity contribution in [3.05, 3.63) is 48.3 Å². The zero-order valence-electron chi connectivity index (χ0n) is 17.7. The Hall–Kier alpha value is -2.83. The molecule has 2 N–H and O–H groups in total. The van der Waals surface area contributed by atoms with E-state index in [2.05, 4.69) is 20.7 Å². The minimum absolute atomic E-state index is 0.208. The molecule has 0 aliphatic heterocycles. The molecule has 7 heteroatoms. The number of hydrogen-bond acceptors (Lipinski definition) is 3. The van der Waals surface area contributed by atoms with Crippen molar-refractivity contribution in [2.45, 2.75) is 39.2 Å². The first-order chi connectivity index (χ1) is 14.0. The summed E-state index contributed by atoms with van der Waals surface area (Å²) in [4.78, 5) is 19.2. The first-order valence-corrected chi connectivity index (χ1v) is 10.4. The van der Waals surface area contributed by atoms with Gasteiger partial charge in [0.25, 0.3) is 0 Å². The highest BCUT2D eigenvalue weighted by Gasteiger charge is 2.42. The third-order valence-corrected chi connectivity index (χ3v) is 5.42. The Morgan fingerprint density at radius 1 is 1.17 bits per heavy atom. The highest BCUT2D eigenvalue weighted by atomic mass is 16.2. The number of carbonyl (C=O) groups excluding carboxylic acids is 1. The van der Waals surface area contributed by atoms with Crippen LogP contribution < -0.4 is 10.6 Å². The monoisotopic (exact) mass is 396 g/mol. The van der Waals surface area contributed by atoms with Gasteiger partial charge in [0.1, 0.15) is 0 Å². The van der Waals surface area contributed by atoms with E-state index < -0.39 is 0 Å². The summed E-state index contributed by atoms with van der Waals surface area (Å²) >= 11 is 0. The molecule has 1 fully saturated rings. The van der Waals surface area contributed by atoms with Crippen LogP contribution in [-0.4, -0.2) is 53.7 Å². The van der Waals surface area contributed by atoms with Gasteiger partial charge in [0.15, 0.2) is 5.96 Å². The molecule has 1 heterocycles. The number of guanidine groups is 1. The van der Waals surface area contributed by atoms with Crippen molar-refractivity contribution in [1.82, 2.24) is 25.3 Å². The number of amides is 1. The van der Waals surface area contributed by atoms with Gasteiger partial charge in [0.2, 0.25) is 5.91 Å². The molecule has 29 heavy (non-hydrogen) atoms. The lowest BCUT2D eigenvalue weighted by molar-refractivity contribution is -0.138. The summed E-state index contributed by atoms with van der Waals surface area (Å²) in [5.74, 6) is 0.930. The zero-order chi connectivity index (χ0) is 20.7. The van der Waals surface area contributed by atoms with Crippen LogP contribution >= 0.6 is 0 Å². The molecule has 1 aliphatic rings. The number of carbonyl (C=O) groups is 1. The van der Waals surface area contributed by atoms with Crippen LogP contribution in [0.2, 0.25) is 0 Å². The van der Waals surface area contributed by atoms with Crippen LogP contribution in [0.25, 0.3) is 5.69 Å². The molecule has 1 aromatic carbocycles. The fourth-order valence-corrected chi connectivity index (χ4v) is 3.92. The van der Waals surface area contributed by atoms with E-state index in [1.165, 1.54) is 0 Å². The van der Waals surface area contributed by atoms with Crippen LogP contribution in [0.5, 0.6) is 0 Å². The van der Waals surface area contributed by atoms with Crippen LogP contribution in [-0.2, 0) is 11.3 Å². The second kappa shape index (κ2) is 9.58. The maximum Gasteiger partial charge on any atom is 0.230 e. The van der Waals surface area contributed by atoms with Gasteiger partial charge in [-0.25, -0.2) is 9.67 Å². The van der Waals surface area contributed by atoms with Gasteiger partial charge in [-0.3, -0.25) is 4.79 Å². The number of nitrogens with zero attached hydrogens (tertiary/aromatic N) is 4. The predicted octanol–water partition coefficient (Wildman–Crippen LogP) is 2.58. The summed E-state index contributed by atoms with van der Waals surface area (Å²) in [6.07, 6.45) is 6.01. The minimum Gasteiger partial charge on any atom is -0.357 e. The van der Waals surface area contributed by atoms with Crippen molar-refractivity contribution in [1.29, 1.82) is 0 Å². The topological polar surface area (TPSA) is 74.5 Å². The van der Waals surface area contributed by atoms with Gasteiger partial charge >= 0.3 is 0 Å². The van der Waals surface area contributed by atoms with Gasteiger partial charge in [-0.05, 0) is 38.0 Å². The SMILES string of the molecule is CCNC(=NCc1ccn(-c2ccccc2)n1)NCC1(C(=O)N(C)C)CCCC1.